The number of pyridine rings is 2. The lowest BCUT2D eigenvalue weighted by molar-refractivity contribution is 0.102. The highest BCUT2D eigenvalue weighted by atomic mass is 79.9. The molecule has 0 fully saturated rings. The van der Waals surface area contributed by atoms with Gasteiger partial charge in [-0.3, -0.25) is 14.6 Å². The summed E-state index contributed by atoms with van der Waals surface area (Å²) in [5, 5.41) is 3.62. The second-order valence-electron chi connectivity index (χ2n) is 4.41. The molecule has 2 aromatic heterocycles. The Morgan fingerprint density at radius 3 is 2.95 bits per heavy atom. The third-order valence-corrected chi connectivity index (χ3v) is 3.43. The van der Waals surface area contributed by atoms with Crippen molar-refractivity contribution >= 4 is 38.4 Å². The molecule has 3 aromatic rings. The normalized spacial score (nSPS) is 10.5. The molecular weight excluding hydrogens is 334 g/mol. The zero-order valence-corrected chi connectivity index (χ0v) is 12.3. The summed E-state index contributed by atoms with van der Waals surface area (Å²) in [5.74, 6) is -0.464. The van der Waals surface area contributed by atoms with Crippen LogP contribution >= 0.6 is 15.9 Å². The van der Waals surface area contributed by atoms with E-state index in [1.54, 1.807) is 12.3 Å². The van der Waals surface area contributed by atoms with E-state index in [1.807, 2.05) is 18.2 Å². The highest BCUT2D eigenvalue weighted by molar-refractivity contribution is 9.10. The molecule has 1 aromatic carbocycles. The molecule has 0 saturated carbocycles. The molecule has 0 radical (unpaired) electrons. The number of carbonyl (C=O) groups excluding carboxylic acids is 1. The van der Waals surface area contributed by atoms with E-state index in [1.165, 1.54) is 18.5 Å². The van der Waals surface area contributed by atoms with Crippen LogP contribution in [0.25, 0.3) is 10.9 Å². The van der Waals surface area contributed by atoms with Gasteiger partial charge in [-0.15, -0.1) is 0 Å². The number of hydrogen-bond donors (Lipinski definition) is 2. The first-order valence-electron chi connectivity index (χ1n) is 6.18. The molecule has 5 nitrogen and oxygen atoms in total. The summed E-state index contributed by atoms with van der Waals surface area (Å²) < 4.78 is 0.859. The van der Waals surface area contributed by atoms with E-state index in [-0.39, 0.29) is 11.0 Å². The maximum absolute atomic E-state index is 12.2. The largest absolute Gasteiger partial charge is 0.367 e. The van der Waals surface area contributed by atoms with Gasteiger partial charge in [0.25, 0.3) is 5.91 Å². The number of benzene rings is 1. The summed E-state index contributed by atoms with van der Waals surface area (Å²) in [4.78, 5) is 30.9. The topological polar surface area (TPSA) is 74.8 Å². The van der Waals surface area contributed by atoms with Crippen LogP contribution in [0.4, 0.5) is 5.69 Å². The molecule has 0 atom stereocenters. The fraction of sp³-hybridized carbons (Fsp3) is 0. The minimum Gasteiger partial charge on any atom is -0.367 e. The molecule has 0 unspecified atom stereocenters. The lowest BCUT2D eigenvalue weighted by Gasteiger charge is -2.08. The van der Waals surface area contributed by atoms with Gasteiger partial charge in [-0.1, -0.05) is 12.1 Å². The van der Waals surface area contributed by atoms with Gasteiger partial charge in [0.05, 0.1) is 11.2 Å². The second-order valence-corrected chi connectivity index (χ2v) is 5.32. The van der Waals surface area contributed by atoms with E-state index in [4.69, 9.17) is 0 Å². The Balaban J connectivity index is 2.01. The first-order valence-corrected chi connectivity index (χ1v) is 6.97. The zero-order chi connectivity index (χ0) is 14.8. The summed E-state index contributed by atoms with van der Waals surface area (Å²) in [6.07, 6.45) is 4.52. The number of anilines is 1. The number of carbonyl (C=O) groups is 1. The number of rotatable bonds is 2. The minimum atomic E-state index is -0.464. The number of amides is 1. The molecule has 21 heavy (non-hydrogen) atoms. The van der Waals surface area contributed by atoms with Crippen molar-refractivity contribution in [1.82, 2.24) is 9.97 Å². The molecule has 0 spiro atoms. The minimum absolute atomic E-state index is 0.0617. The number of halogens is 1. The maximum atomic E-state index is 12.2. The van der Waals surface area contributed by atoms with Gasteiger partial charge < -0.3 is 10.3 Å². The van der Waals surface area contributed by atoms with Gasteiger partial charge in [0.1, 0.15) is 5.56 Å². The maximum Gasteiger partial charge on any atom is 0.261 e. The Kier molecular flexibility index (Phi) is 3.53. The Labute approximate surface area is 128 Å². The number of para-hydroxylation sites is 1. The average Bonchev–Trinajstić information content (AvgIpc) is 2.47. The van der Waals surface area contributed by atoms with Crippen molar-refractivity contribution in [1.29, 1.82) is 0 Å². The number of H-pyrrole nitrogens is 1. The van der Waals surface area contributed by atoms with Crippen molar-refractivity contribution in [3.05, 3.63) is 69.2 Å². The molecule has 2 heterocycles. The fourth-order valence-electron chi connectivity index (χ4n) is 2.02. The summed E-state index contributed by atoms with van der Waals surface area (Å²) in [7, 11) is 0. The average molecular weight is 344 g/mol. The molecule has 0 aliphatic carbocycles. The lowest BCUT2D eigenvalue weighted by Crippen LogP contribution is -2.21. The third kappa shape index (κ3) is 2.71. The van der Waals surface area contributed by atoms with Crippen LogP contribution in [-0.4, -0.2) is 15.9 Å². The van der Waals surface area contributed by atoms with Gasteiger partial charge in [-0.25, -0.2) is 0 Å². The summed E-state index contributed by atoms with van der Waals surface area (Å²) >= 11 is 3.36. The smallest absolute Gasteiger partial charge is 0.261 e. The van der Waals surface area contributed by atoms with Gasteiger partial charge in [0, 0.05) is 34.5 Å². The molecule has 1 amide bonds. The van der Waals surface area contributed by atoms with Crippen molar-refractivity contribution in [2.75, 3.05) is 5.32 Å². The van der Waals surface area contributed by atoms with Crippen LogP contribution in [0.15, 0.2) is 58.2 Å². The Morgan fingerprint density at radius 2 is 2.14 bits per heavy atom. The lowest BCUT2D eigenvalue weighted by atomic mass is 10.2. The van der Waals surface area contributed by atoms with Gasteiger partial charge in [-0.05, 0) is 28.1 Å². The van der Waals surface area contributed by atoms with Crippen LogP contribution in [0, 0.1) is 0 Å². The van der Waals surface area contributed by atoms with Crippen molar-refractivity contribution in [3.63, 3.8) is 0 Å². The number of hydrogen-bond acceptors (Lipinski definition) is 3. The van der Waals surface area contributed by atoms with Gasteiger partial charge in [-0.2, -0.15) is 0 Å². The molecule has 2 N–H and O–H groups in total. The summed E-state index contributed by atoms with van der Waals surface area (Å²) in [6, 6.07) is 8.69. The third-order valence-electron chi connectivity index (χ3n) is 2.99. The van der Waals surface area contributed by atoms with Crippen LogP contribution in [0.2, 0.25) is 0 Å². The number of aromatic amines is 1. The molecule has 0 saturated heterocycles. The molecular formula is C15H10BrN3O2. The fourth-order valence-corrected chi connectivity index (χ4v) is 2.37. The van der Waals surface area contributed by atoms with Crippen LogP contribution in [-0.2, 0) is 0 Å². The Bertz CT molecular complexity index is 889. The van der Waals surface area contributed by atoms with Crippen molar-refractivity contribution in [2.24, 2.45) is 0 Å². The predicted molar refractivity (Wildman–Crippen MR) is 84.5 cm³/mol. The molecule has 104 valence electrons. The highest BCUT2D eigenvalue weighted by Crippen LogP contribution is 2.24. The van der Waals surface area contributed by atoms with E-state index in [9.17, 15) is 9.59 Å². The van der Waals surface area contributed by atoms with Gasteiger partial charge >= 0.3 is 0 Å². The number of nitrogens with zero attached hydrogens (tertiary/aromatic N) is 1. The zero-order valence-electron chi connectivity index (χ0n) is 10.8. The molecule has 0 bridgehead atoms. The van der Waals surface area contributed by atoms with E-state index >= 15 is 0 Å². The van der Waals surface area contributed by atoms with E-state index in [0.29, 0.717) is 11.2 Å². The van der Waals surface area contributed by atoms with Crippen LogP contribution in [0.1, 0.15) is 10.4 Å². The SMILES string of the molecule is O=C(Nc1cccc2cc(Br)cnc12)c1c[nH]ccc1=O. The number of nitrogens with one attached hydrogen (secondary N) is 2. The van der Waals surface area contributed by atoms with E-state index < -0.39 is 5.91 Å². The van der Waals surface area contributed by atoms with Crippen molar-refractivity contribution < 1.29 is 4.79 Å². The van der Waals surface area contributed by atoms with Crippen LogP contribution in [0.5, 0.6) is 0 Å². The number of fused-ring (bicyclic) bond motifs is 1. The van der Waals surface area contributed by atoms with Gasteiger partial charge in [0.15, 0.2) is 5.43 Å². The first kappa shape index (κ1) is 13.5. The van der Waals surface area contributed by atoms with Crippen LogP contribution in [0.3, 0.4) is 0 Å². The molecule has 0 aliphatic heterocycles. The standard InChI is InChI=1S/C15H10BrN3O2/c16-10-6-9-2-1-3-12(14(9)18-7-10)19-15(21)11-8-17-5-4-13(11)20/h1-8H,(H,17,20)(H,19,21). The Hall–Kier alpha value is -2.47. The second kappa shape index (κ2) is 5.49. The monoisotopic (exact) mass is 343 g/mol. The van der Waals surface area contributed by atoms with Crippen molar-refractivity contribution in [2.45, 2.75) is 0 Å². The van der Waals surface area contributed by atoms with E-state index in [0.717, 1.165) is 9.86 Å². The first-order chi connectivity index (χ1) is 10.1. The van der Waals surface area contributed by atoms with E-state index in [2.05, 4.69) is 31.2 Å². The van der Waals surface area contributed by atoms with Gasteiger partial charge in [0.2, 0.25) is 0 Å². The predicted octanol–water partition coefficient (Wildman–Crippen LogP) is 2.94. The van der Waals surface area contributed by atoms with Crippen LogP contribution < -0.4 is 10.7 Å². The summed E-state index contributed by atoms with van der Waals surface area (Å²) in [5.41, 5.74) is 0.962. The molecule has 0 aliphatic rings. The van der Waals surface area contributed by atoms with Crippen molar-refractivity contribution in [3.8, 4) is 0 Å². The molecule has 3 rings (SSSR count). The number of aromatic nitrogens is 2. The quantitative estimate of drug-likeness (QED) is 0.751. The molecule has 6 heteroatoms. The highest BCUT2D eigenvalue weighted by Gasteiger charge is 2.12. The Morgan fingerprint density at radius 1 is 1.29 bits per heavy atom. The summed E-state index contributed by atoms with van der Waals surface area (Å²) in [6.45, 7) is 0.